The van der Waals surface area contributed by atoms with Crippen molar-refractivity contribution in [2.75, 3.05) is 13.1 Å². The summed E-state index contributed by atoms with van der Waals surface area (Å²) in [6, 6.07) is 8.41. The minimum Gasteiger partial charge on any atom is -0.419 e. The Morgan fingerprint density at radius 3 is 2.69 bits per heavy atom. The number of rotatable bonds is 6. The molecule has 0 atom stereocenters. The Morgan fingerprint density at radius 2 is 1.88 bits per heavy atom. The third-order valence-electron chi connectivity index (χ3n) is 7.01. The largest absolute Gasteiger partial charge is 0.419 e. The van der Waals surface area contributed by atoms with Crippen LogP contribution in [0.5, 0.6) is 0 Å². The molecule has 0 radical (unpaired) electrons. The van der Waals surface area contributed by atoms with Crippen molar-refractivity contribution in [3.8, 4) is 11.5 Å². The van der Waals surface area contributed by atoms with Crippen molar-refractivity contribution in [1.82, 2.24) is 25.0 Å². The van der Waals surface area contributed by atoms with Crippen molar-refractivity contribution in [1.29, 1.82) is 0 Å². The van der Waals surface area contributed by atoms with Crippen LogP contribution >= 0.6 is 0 Å². The Hall–Kier alpha value is -2.67. The zero-order valence-electron chi connectivity index (χ0n) is 18.9. The van der Waals surface area contributed by atoms with Gasteiger partial charge >= 0.3 is 0 Å². The molecule has 32 heavy (non-hydrogen) atoms. The molecule has 7 nitrogen and oxygen atoms in total. The first-order valence-electron chi connectivity index (χ1n) is 12.1. The van der Waals surface area contributed by atoms with Crippen LogP contribution in [0, 0.1) is 5.92 Å². The zero-order chi connectivity index (χ0) is 21.9. The smallest absolute Gasteiger partial charge is 0.249 e. The summed E-state index contributed by atoms with van der Waals surface area (Å²) in [5, 5.41) is 12.9. The number of carbonyl (C=O) groups is 1. The lowest BCUT2D eigenvalue weighted by atomic mass is 9.95. The van der Waals surface area contributed by atoms with Crippen LogP contribution in [-0.4, -0.2) is 44.7 Å². The molecule has 2 aromatic heterocycles. The number of aromatic nitrogens is 3. The van der Waals surface area contributed by atoms with Crippen LogP contribution in [0.4, 0.5) is 0 Å². The molecular weight excluding hydrogens is 402 g/mol. The van der Waals surface area contributed by atoms with Crippen LogP contribution in [0.25, 0.3) is 22.4 Å². The number of carbonyl (C=O) groups excluding carboxylic acids is 1. The van der Waals surface area contributed by atoms with Crippen molar-refractivity contribution in [3.05, 3.63) is 36.4 Å². The molecule has 1 aliphatic carbocycles. The Bertz CT molecular complexity index is 1060. The lowest BCUT2D eigenvalue weighted by molar-refractivity contribution is -0.122. The molecule has 0 unspecified atom stereocenters. The molecule has 1 amide bonds. The maximum atomic E-state index is 12.7. The minimum absolute atomic E-state index is 0.0646. The number of nitrogens with one attached hydrogen (secondary N) is 1. The fraction of sp³-hybridized carbons (Fsp3) is 0.560. The second kappa shape index (κ2) is 9.45. The van der Waals surface area contributed by atoms with Crippen LogP contribution in [0.2, 0.25) is 0 Å². The molecule has 1 saturated carbocycles. The van der Waals surface area contributed by atoms with Gasteiger partial charge in [0.25, 0.3) is 0 Å². The van der Waals surface area contributed by atoms with Gasteiger partial charge in [-0.25, -0.2) is 0 Å². The summed E-state index contributed by atoms with van der Waals surface area (Å²) in [4.78, 5) is 15.1. The fourth-order valence-electron chi connectivity index (χ4n) is 5.06. The SMILES string of the molecule is CC1CCN(Cc2nnc(-c3cn(CC(=O)NC4CCCCC4)c4ccccc34)o2)CC1. The van der Waals surface area contributed by atoms with Crippen LogP contribution in [0.3, 0.4) is 0 Å². The zero-order valence-corrected chi connectivity index (χ0v) is 18.9. The second-order valence-electron chi connectivity index (χ2n) is 9.55. The van der Waals surface area contributed by atoms with Crippen LogP contribution < -0.4 is 5.32 Å². The average Bonchev–Trinajstić information content (AvgIpc) is 3.41. The van der Waals surface area contributed by atoms with E-state index in [9.17, 15) is 4.79 Å². The molecule has 1 N–H and O–H groups in total. The monoisotopic (exact) mass is 435 g/mol. The van der Waals surface area contributed by atoms with Gasteiger partial charge < -0.3 is 14.3 Å². The van der Waals surface area contributed by atoms with E-state index in [1.54, 1.807) is 0 Å². The predicted molar refractivity (Wildman–Crippen MR) is 124 cm³/mol. The van der Waals surface area contributed by atoms with Gasteiger partial charge in [0.2, 0.25) is 17.7 Å². The Kier molecular flexibility index (Phi) is 6.26. The normalized spacial score (nSPS) is 18.9. The first-order valence-corrected chi connectivity index (χ1v) is 12.1. The molecule has 5 rings (SSSR count). The standard InChI is InChI=1S/C25H33N5O2/c1-18-11-13-29(14-12-18)17-24-27-28-25(32-24)21-15-30(22-10-6-5-9-20(21)22)16-23(31)26-19-7-3-2-4-8-19/h5-6,9-10,15,18-19H,2-4,7-8,11-14,16-17H2,1H3,(H,26,31). The first kappa shape index (κ1) is 21.2. The molecule has 3 aromatic rings. The summed E-state index contributed by atoms with van der Waals surface area (Å²) in [5.41, 5.74) is 1.89. The van der Waals surface area contributed by atoms with Gasteiger partial charge in [-0.05, 0) is 50.8 Å². The average molecular weight is 436 g/mol. The van der Waals surface area contributed by atoms with Crippen molar-refractivity contribution in [3.63, 3.8) is 0 Å². The molecule has 1 saturated heterocycles. The number of hydrogen-bond acceptors (Lipinski definition) is 5. The van der Waals surface area contributed by atoms with Crippen LogP contribution in [0.15, 0.2) is 34.9 Å². The highest BCUT2D eigenvalue weighted by molar-refractivity contribution is 5.94. The highest BCUT2D eigenvalue weighted by Crippen LogP contribution is 2.30. The minimum atomic E-state index is 0.0646. The molecule has 0 spiro atoms. The molecule has 170 valence electrons. The molecular formula is C25H33N5O2. The number of para-hydroxylation sites is 1. The van der Waals surface area contributed by atoms with Gasteiger partial charge in [-0.3, -0.25) is 9.69 Å². The Morgan fingerprint density at radius 1 is 1.09 bits per heavy atom. The second-order valence-corrected chi connectivity index (χ2v) is 9.55. The molecule has 1 aliphatic heterocycles. The van der Waals surface area contributed by atoms with Crippen molar-refractivity contribution < 1.29 is 9.21 Å². The summed E-state index contributed by atoms with van der Waals surface area (Å²) < 4.78 is 8.07. The van der Waals surface area contributed by atoms with Gasteiger partial charge in [-0.15, -0.1) is 10.2 Å². The van der Waals surface area contributed by atoms with Gasteiger partial charge in [0.1, 0.15) is 6.54 Å². The third kappa shape index (κ3) is 4.72. The topological polar surface area (TPSA) is 76.2 Å². The van der Waals surface area contributed by atoms with Crippen molar-refractivity contribution in [2.24, 2.45) is 5.92 Å². The first-order chi connectivity index (χ1) is 15.7. The highest BCUT2D eigenvalue weighted by Gasteiger charge is 2.21. The molecule has 2 aliphatic rings. The molecule has 3 heterocycles. The van der Waals surface area contributed by atoms with E-state index in [0.717, 1.165) is 48.3 Å². The summed E-state index contributed by atoms with van der Waals surface area (Å²) in [7, 11) is 0. The summed E-state index contributed by atoms with van der Waals surface area (Å²) >= 11 is 0. The number of amides is 1. The van der Waals surface area contributed by atoms with E-state index in [0.29, 0.717) is 30.9 Å². The van der Waals surface area contributed by atoms with Gasteiger partial charge in [-0.1, -0.05) is 44.4 Å². The third-order valence-corrected chi connectivity index (χ3v) is 7.01. The predicted octanol–water partition coefficient (Wildman–Crippen LogP) is 4.37. The van der Waals surface area contributed by atoms with E-state index < -0.39 is 0 Å². The van der Waals surface area contributed by atoms with Crippen LogP contribution in [0.1, 0.15) is 57.8 Å². The van der Waals surface area contributed by atoms with Gasteiger partial charge in [0.05, 0.1) is 12.1 Å². The maximum absolute atomic E-state index is 12.7. The Labute approximate surface area is 189 Å². The van der Waals surface area contributed by atoms with Crippen LogP contribution in [-0.2, 0) is 17.9 Å². The number of piperidine rings is 1. The van der Waals surface area contributed by atoms with Crippen molar-refractivity contribution >= 4 is 16.8 Å². The lowest BCUT2D eigenvalue weighted by Crippen LogP contribution is -2.38. The number of likely N-dealkylation sites (tertiary alicyclic amines) is 1. The number of nitrogens with zero attached hydrogens (tertiary/aromatic N) is 4. The Balaban J connectivity index is 1.32. The van der Waals surface area contributed by atoms with Crippen molar-refractivity contribution in [2.45, 2.75) is 71.0 Å². The number of fused-ring (bicyclic) bond motifs is 1. The lowest BCUT2D eigenvalue weighted by Gasteiger charge is -2.28. The number of hydrogen-bond donors (Lipinski definition) is 1. The van der Waals surface area contributed by atoms with Gasteiger partial charge in [-0.2, -0.15) is 0 Å². The molecule has 2 fully saturated rings. The van der Waals surface area contributed by atoms with E-state index in [1.807, 2.05) is 29.0 Å². The summed E-state index contributed by atoms with van der Waals surface area (Å²) in [6.45, 7) is 5.46. The van der Waals surface area contributed by atoms with Gasteiger partial charge in [0, 0.05) is 23.1 Å². The highest BCUT2D eigenvalue weighted by atomic mass is 16.4. The van der Waals surface area contributed by atoms with Gasteiger partial charge in [0.15, 0.2) is 0 Å². The fourth-order valence-corrected chi connectivity index (χ4v) is 5.06. The molecule has 1 aromatic carbocycles. The summed E-state index contributed by atoms with van der Waals surface area (Å²) in [6.07, 6.45) is 10.3. The quantitative estimate of drug-likeness (QED) is 0.622. The number of benzene rings is 1. The van der Waals surface area contributed by atoms with E-state index in [2.05, 4.69) is 33.4 Å². The van der Waals surface area contributed by atoms with E-state index in [4.69, 9.17) is 4.42 Å². The van der Waals surface area contributed by atoms with E-state index in [-0.39, 0.29) is 5.91 Å². The van der Waals surface area contributed by atoms with E-state index in [1.165, 1.54) is 32.1 Å². The maximum Gasteiger partial charge on any atom is 0.249 e. The molecule has 0 bridgehead atoms. The molecule has 7 heteroatoms. The summed E-state index contributed by atoms with van der Waals surface area (Å²) in [5.74, 6) is 2.04. The van der Waals surface area contributed by atoms with E-state index >= 15 is 0 Å².